The molecule has 3 aromatic carbocycles. The largest absolute Gasteiger partial charge is 0.476 e. The van der Waals surface area contributed by atoms with Gasteiger partial charge < -0.3 is 9.94 Å². The SMILES string of the molecule is CCc1nc(/C(=N\OC(c2ccccc2)(c2ccccc2)c2ccccc2)C(=O)O)c(Cl)s1. The van der Waals surface area contributed by atoms with E-state index in [0.717, 1.165) is 21.7 Å². The van der Waals surface area contributed by atoms with E-state index in [2.05, 4.69) is 10.1 Å². The first-order chi connectivity index (χ1) is 16.1. The summed E-state index contributed by atoms with van der Waals surface area (Å²) in [6.45, 7) is 1.93. The molecule has 7 heteroatoms. The van der Waals surface area contributed by atoms with Crippen LogP contribution in [-0.2, 0) is 21.7 Å². The average molecular weight is 477 g/mol. The third kappa shape index (κ3) is 4.53. The van der Waals surface area contributed by atoms with Crippen molar-refractivity contribution in [3.8, 4) is 0 Å². The topological polar surface area (TPSA) is 71.8 Å². The zero-order chi connectivity index (χ0) is 23.3. The summed E-state index contributed by atoms with van der Waals surface area (Å²) in [4.78, 5) is 22.8. The van der Waals surface area contributed by atoms with Crippen molar-refractivity contribution >= 4 is 34.6 Å². The van der Waals surface area contributed by atoms with Gasteiger partial charge in [0.1, 0.15) is 10.0 Å². The first-order valence-corrected chi connectivity index (χ1v) is 11.6. The minimum absolute atomic E-state index is 0.106. The molecule has 0 atom stereocenters. The number of halogens is 1. The highest BCUT2D eigenvalue weighted by Gasteiger charge is 2.40. The van der Waals surface area contributed by atoms with Gasteiger partial charge in [-0.25, -0.2) is 9.78 Å². The third-order valence-corrected chi connectivity index (χ3v) is 6.57. The van der Waals surface area contributed by atoms with Crippen molar-refractivity contribution in [2.45, 2.75) is 18.9 Å². The van der Waals surface area contributed by atoms with Crippen LogP contribution in [0.3, 0.4) is 0 Å². The molecular weight excluding hydrogens is 456 g/mol. The second-order valence-corrected chi connectivity index (χ2v) is 8.88. The van der Waals surface area contributed by atoms with Crippen molar-refractivity contribution in [1.82, 2.24) is 4.98 Å². The van der Waals surface area contributed by atoms with Crippen molar-refractivity contribution in [2.24, 2.45) is 5.16 Å². The molecule has 0 fully saturated rings. The van der Waals surface area contributed by atoms with Gasteiger partial charge in [-0.05, 0) is 6.42 Å². The minimum Gasteiger partial charge on any atom is -0.476 e. The lowest BCUT2D eigenvalue weighted by Crippen LogP contribution is -2.32. The number of hydrogen-bond acceptors (Lipinski definition) is 5. The maximum atomic E-state index is 12.2. The monoisotopic (exact) mass is 476 g/mol. The van der Waals surface area contributed by atoms with Gasteiger partial charge in [-0.2, -0.15) is 0 Å². The molecule has 0 unspecified atom stereocenters. The lowest BCUT2D eigenvalue weighted by atomic mass is 9.80. The maximum Gasteiger partial charge on any atom is 0.360 e. The molecule has 1 N–H and O–H groups in total. The number of aromatic nitrogens is 1. The lowest BCUT2D eigenvalue weighted by molar-refractivity contribution is -0.129. The van der Waals surface area contributed by atoms with Crippen LogP contribution in [0.4, 0.5) is 0 Å². The second-order valence-electron chi connectivity index (χ2n) is 7.20. The number of rotatable bonds is 8. The summed E-state index contributed by atoms with van der Waals surface area (Å²) in [6.07, 6.45) is 0.639. The van der Waals surface area contributed by atoms with E-state index in [0.29, 0.717) is 6.42 Å². The van der Waals surface area contributed by atoms with Gasteiger partial charge >= 0.3 is 5.97 Å². The van der Waals surface area contributed by atoms with Crippen molar-refractivity contribution in [2.75, 3.05) is 0 Å². The van der Waals surface area contributed by atoms with Gasteiger partial charge in [-0.1, -0.05) is 115 Å². The number of oxime groups is 1. The Bertz CT molecular complexity index is 1160. The summed E-state index contributed by atoms with van der Waals surface area (Å²) < 4.78 is 0.265. The molecule has 4 rings (SSSR count). The van der Waals surface area contributed by atoms with Gasteiger partial charge in [0.15, 0.2) is 0 Å². The molecule has 0 aliphatic heterocycles. The van der Waals surface area contributed by atoms with E-state index >= 15 is 0 Å². The molecule has 166 valence electrons. The van der Waals surface area contributed by atoms with Crippen LogP contribution in [0.1, 0.15) is 34.3 Å². The number of carbonyl (C=O) groups is 1. The number of benzene rings is 3. The Kier molecular flexibility index (Phi) is 6.87. The van der Waals surface area contributed by atoms with Crippen LogP contribution in [0.2, 0.25) is 4.34 Å². The molecule has 0 bridgehead atoms. The van der Waals surface area contributed by atoms with Crippen LogP contribution in [-0.4, -0.2) is 21.8 Å². The Morgan fingerprint density at radius 1 is 0.939 bits per heavy atom. The van der Waals surface area contributed by atoms with Crippen molar-refractivity contribution in [3.05, 3.63) is 123 Å². The molecular formula is C26H21ClN2O3S. The Hall–Kier alpha value is -3.48. The number of aryl methyl sites for hydroxylation is 1. The molecule has 1 heterocycles. The number of carboxylic acids is 1. The first kappa shape index (κ1) is 22.7. The van der Waals surface area contributed by atoms with E-state index in [9.17, 15) is 9.90 Å². The van der Waals surface area contributed by atoms with E-state index in [1.165, 1.54) is 11.3 Å². The van der Waals surface area contributed by atoms with Gasteiger partial charge in [-0.15, -0.1) is 11.3 Å². The predicted molar refractivity (Wildman–Crippen MR) is 131 cm³/mol. The van der Waals surface area contributed by atoms with E-state index < -0.39 is 11.6 Å². The fraction of sp³-hybridized carbons (Fsp3) is 0.115. The number of hydrogen-bond donors (Lipinski definition) is 1. The molecule has 0 saturated heterocycles. The molecule has 1 aromatic heterocycles. The lowest BCUT2D eigenvalue weighted by Gasteiger charge is -2.33. The Morgan fingerprint density at radius 2 is 1.39 bits per heavy atom. The molecule has 0 aliphatic rings. The van der Waals surface area contributed by atoms with Crippen LogP contribution in [0.25, 0.3) is 0 Å². The van der Waals surface area contributed by atoms with Gasteiger partial charge in [0, 0.05) is 16.7 Å². The highest BCUT2D eigenvalue weighted by Crippen LogP contribution is 2.41. The predicted octanol–water partition coefficient (Wildman–Crippen LogP) is 6.16. The summed E-state index contributed by atoms with van der Waals surface area (Å²) in [6, 6.07) is 28.8. The smallest absolute Gasteiger partial charge is 0.360 e. The fourth-order valence-electron chi connectivity index (χ4n) is 3.61. The quantitative estimate of drug-likeness (QED) is 0.188. The molecule has 4 aromatic rings. The first-order valence-electron chi connectivity index (χ1n) is 10.4. The van der Waals surface area contributed by atoms with E-state index in [1.807, 2.05) is 97.9 Å². The zero-order valence-electron chi connectivity index (χ0n) is 17.8. The average Bonchev–Trinajstić information content (AvgIpc) is 3.23. The molecule has 0 spiro atoms. The van der Waals surface area contributed by atoms with Gasteiger partial charge in [0.25, 0.3) is 0 Å². The minimum atomic E-state index is -1.27. The molecule has 0 amide bonds. The van der Waals surface area contributed by atoms with Gasteiger partial charge in [-0.3, -0.25) is 0 Å². The summed E-state index contributed by atoms with van der Waals surface area (Å²) in [5, 5.41) is 14.8. The van der Waals surface area contributed by atoms with Crippen molar-refractivity contribution in [3.63, 3.8) is 0 Å². The molecule has 0 saturated carbocycles. The number of thiazole rings is 1. The second kappa shape index (κ2) is 9.98. The number of nitrogens with zero attached hydrogens (tertiary/aromatic N) is 2. The normalized spacial score (nSPS) is 11.9. The van der Waals surface area contributed by atoms with Crippen LogP contribution in [0.15, 0.2) is 96.2 Å². The van der Waals surface area contributed by atoms with Crippen LogP contribution in [0.5, 0.6) is 0 Å². The summed E-state index contributed by atoms with van der Waals surface area (Å²) in [5.74, 6) is -1.27. The summed E-state index contributed by atoms with van der Waals surface area (Å²) in [5.41, 5.74) is 0.969. The number of aliphatic carboxylic acids is 1. The molecule has 0 aliphatic carbocycles. The van der Waals surface area contributed by atoms with Crippen molar-refractivity contribution in [1.29, 1.82) is 0 Å². The summed E-state index contributed by atoms with van der Waals surface area (Å²) in [7, 11) is 0. The van der Waals surface area contributed by atoms with Crippen molar-refractivity contribution < 1.29 is 14.7 Å². The van der Waals surface area contributed by atoms with Crippen LogP contribution < -0.4 is 0 Å². The molecule has 0 radical (unpaired) electrons. The molecule has 5 nitrogen and oxygen atoms in total. The highest BCUT2D eigenvalue weighted by molar-refractivity contribution is 7.16. The summed E-state index contributed by atoms with van der Waals surface area (Å²) >= 11 is 7.56. The third-order valence-electron chi connectivity index (χ3n) is 5.17. The van der Waals surface area contributed by atoms with E-state index in [1.54, 1.807) is 0 Å². The fourth-order valence-corrected chi connectivity index (χ4v) is 4.74. The van der Waals surface area contributed by atoms with Crippen LogP contribution in [0, 0.1) is 0 Å². The zero-order valence-corrected chi connectivity index (χ0v) is 19.4. The van der Waals surface area contributed by atoms with E-state index in [4.69, 9.17) is 16.4 Å². The Morgan fingerprint density at radius 3 is 1.76 bits per heavy atom. The highest BCUT2D eigenvalue weighted by atomic mass is 35.5. The van der Waals surface area contributed by atoms with Gasteiger partial charge in [0.05, 0.1) is 5.01 Å². The van der Waals surface area contributed by atoms with Crippen LogP contribution >= 0.6 is 22.9 Å². The van der Waals surface area contributed by atoms with Gasteiger partial charge in [0.2, 0.25) is 11.3 Å². The Balaban J connectivity index is 1.95. The maximum absolute atomic E-state index is 12.2. The standard InChI is InChI=1S/C26H21ClN2O3S/c1-2-21-28-22(24(27)33-21)23(25(30)31)29-32-26(18-12-6-3-7-13-18,19-14-8-4-9-15-19)20-16-10-5-11-17-20/h3-17H,2H2,1H3,(H,30,31)/b29-23+. The molecule has 33 heavy (non-hydrogen) atoms. The number of carboxylic acid groups (broad SMARTS) is 1. The Labute approximate surface area is 201 Å². The van der Waals surface area contributed by atoms with E-state index in [-0.39, 0.29) is 15.7 Å².